The Morgan fingerprint density at radius 2 is 1.88 bits per heavy atom. The Bertz CT molecular complexity index is 952. The topological polar surface area (TPSA) is 62.3 Å². The summed E-state index contributed by atoms with van der Waals surface area (Å²) in [6.45, 7) is 1.86. The number of hydrogen-bond acceptors (Lipinski definition) is 4. The van der Waals surface area contributed by atoms with Crippen molar-refractivity contribution in [1.82, 2.24) is 15.2 Å². The molecule has 1 fully saturated rings. The number of aromatic nitrogens is 1. The standard InChI is InChI=1S/C18H14ClN3O2S/c1-18(11-6-8-12(19)9-7-11)16(23)22(17(24)21-18)10-15-20-13-4-2-3-5-14(13)25-15/h2-9H,10H2,1H3,(H,21,24)/t18-/m1/s1. The Kier molecular flexibility index (Phi) is 3.74. The molecule has 1 saturated heterocycles. The molecular formula is C18H14ClN3O2S. The number of benzene rings is 2. The van der Waals surface area contributed by atoms with Gasteiger partial charge < -0.3 is 5.32 Å². The molecule has 1 N–H and O–H groups in total. The maximum Gasteiger partial charge on any atom is 0.325 e. The zero-order chi connectivity index (χ0) is 17.6. The molecule has 0 bridgehead atoms. The van der Waals surface area contributed by atoms with Gasteiger partial charge in [-0.05, 0) is 36.8 Å². The van der Waals surface area contributed by atoms with Gasteiger partial charge in [-0.3, -0.25) is 9.69 Å². The van der Waals surface area contributed by atoms with Crippen molar-refractivity contribution >= 4 is 45.1 Å². The molecule has 0 aliphatic carbocycles. The van der Waals surface area contributed by atoms with Crippen LogP contribution in [0, 0.1) is 0 Å². The molecule has 0 radical (unpaired) electrons. The number of rotatable bonds is 3. The molecule has 0 unspecified atom stereocenters. The van der Waals surface area contributed by atoms with E-state index in [2.05, 4.69) is 10.3 Å². The third kappa shape index (κ3) is 2.67. The highest BCUT2D eigenvalue weighted by molar-refractivity contribution is 7.18. The van der Waals surface area contributed by atoms with Gasteiger partial charge in [-0.25, -0.2) is 9.78 Å². The van der Waals surface area contributed by atoms with Gasteiger partial charge in [-0.1, -0.05) is 35.9 Å². The lowest BCUT2D eigenvalue weighted by Gasteiger charge is -2.22. The minimum Gasteiger partial charge on any atom is -0.319 e. The Morgan fingerprint density at radius 3 is 2.60 bits per heavy atom. The van der Waals surface area contributed by atoms with Crippen LogP contribution in [0.3, 0.4) is 0 Å². The Labute approximate surface area is 153 Å². The smallest absolute Gasteiger partial charge is 0.319 e. The summed E-state index contributed by atoms with van der Waals surface area (Å²) in [7, 11) is 0. The molecule has 1 aliphatic rings. The second-order valence-electron chi connectivity index (χ2n) is 6.03. The Hall–Kier alpha value is -2.44. The van der Waals surface area contributed by atoms with Crippen molar-refractivity contribution < 1.29 is 9.59 Å². The fourth-order valence-electron chi connectivity index (χ4n) is 2.94. The number of imide groups is 1. The van der Waals surface area contributed by atoms with Gasteiger partial charge in [0.05, 0.1) is 16.8 Å². The molecule has 1 atom stereocenters. The minimum absolute atomic E-state index is 0.160. The van der Waals surface area contributed by atoms with Crippen LogP contribution in [0.15, 0.2) is 48.5 Å². The lowest BCUT2D eigenvalue weighted by molar-refractivity contribution is -0.131. The van der Waals surface area contributed by atoms with E-state index in [1.807, 2.05) is 24.3 Å². The number of carbonyl (C=O) groups excluding carboxylic acids is 2. The summed E-state index contributed by atoms with van der Waals surface area (Å²) in [6, 6.07) is 14.2. The summed E-state index contributed by atoms with van der Waals surface area (Å²) >= 11 is 7.40. The minimum atomic E-state index is -1.10. The number of thiazole rings is 1. The maximum atomic E-state index is 12.9. The van der Waals surface area contributed by atoms with Gasteiger partial charge in [-0.2, -0.15) is 0 Å². The molecule has 3 aromatic rings. The average molecular weight is 372 g/mol. The van der Waals surface area contributed by atoms with E-state index in [4.69, 9.17) is 11.6 Å². The van der Waals surface area contributed by atoms with Crippen LogP contribution in [0.25, 0.3) is 10.2 Å². The first kappa shape index (κ1) is 16.1. The predicted octanol–water partition coefficient (Wildman–Crippen LogP) is 3.92. The summed E-state index contributed by atoms with van der Waals surface area (Å²) < 4.78 is 1.03. The number of hydrogen-bond donors (Lipinski definition) is 1. The van der Waals surface area contributed by atoms with Crippen molar-refractivity contribution in [3.63, 3.8) is 0 Å². The predicted molar refractivity (Wildman–Crippen MR) is 97.5 cm³/mol. The molecular weight excluding hydrogens is 358 g/mol. The normalized spacial score (nSPS) is 20.3. The monoisotopic (exact) mass is 371 g/mol. The van der Waals surface area contributed by atoms with Crippen molar-refractivity contribution in [2.45, 2.75) is 19.0 Å². The van der Waals surface area contributed by atoms with Crippen molar-refractivity contribution in [3.8, 4) is 0 Å². The summed E-state index contributed by atoms with van der Waals surface area (Å²) in [5.74, 6) is -0.293. The summed E-state index contributed by atoms with van der Waals surface area (Å²) in [5, 5.41) is 4.10. The van der Waals surface area contributed by atoms with Crippen LogP contribution in [0.1, 0.15) is 17.5 Å². The van der Waals surface area contributed by atoms with E-state index >= 15 is 0 Å². The molecule has 2 heterocycles. The van der Waals surface area contributed by atoms with Crippen molar-refractivity contribution in [2.75, 3.05) is 0 Å². The van der Waals surface area contributed by atoms with Gasteiger partial charge in [0.15, 0.2) is 0 Å². The van der Waals surface area contributed by atoms with Crippen LogP contribution in [-0.4, -0.2) is 21.8 Å². The van der Waals surface area contributed by atoms with E-state index < -0.39 is 11.6 Å². The van der Waals surface area contributed by atoms with E-state index in [1.54, 1.807) is 31.2 Å². The summed E-state index contributed by atoms with van der Waals surface area (Å²) in [4.78, 5) is 31.1. The maximum absolute atomic E-state index is 12.9. The van der Waals surface area contributed by atoms with E-state index in [9.17, 15) is 9.59 Å². The highest BCUT2D eigenvalue weighted by Crippen LogP contribution is 2.31. The fourth-order valence-corrected chi connectivity index (χ4v) is 4.02. The van der Waals surface area contributed by atoms with Crippen LogP contribution in [-0.2, 0) is 16.9 Å². The van der Waals surface area contributed by atoms with Crippen LogP contribution >= 0.6 is 22.9 Å². The van der Waals surface area contributed by atoms with Crippen LogP contribution < -0.4 is 5.32 Å². The second-order valence-corrected chi connectivity index (χ2v) is 7.58. The molecule has 4 rings (SSSR count). The van der Waals surface area contributed by atoms with E-state index in [0.717, 1.165) is 15.2 Å². The quantitative estimate of drug-likeness (QED) is 0.710. The summed E-state index contributed by atoms with van der Waals surface area (Å²) in [6.07, 6.45) is 0. The lowest BCUT2D eigenvalue weighted by Crippen LogP contribution is -2.40. The second kappa shape index (κ2) is 5.82. The van der Waals surface area contributed by atoms with Gasteiger partial charge in [0.2, 0.25) is 0 Å². The third-order valence-electron chi connectivity index (χ3n) is 4.33. The lowest BCUT2D eigenvalue weighted by atomic mass is 9.92. The number of nitrogens with zero attached hydrogens (tertiary/aromatic N) is 2. The molecule has 5 nitrogen and oxygen atoms in total. The van der Waals surface area contributed by atoms with E-state index in [1.165, 1.54) is 16.2 Å². The molecule has 0 saturated carbocycles. The van der Waals surface area contributed by atoms with Crippen LogP contribution in [0.5, 0.6) is 0 Å². The highest BCUT2D eigenvalue weighted by Gasteiger charge is 2.49. The molecule has 126 valence electrons. The highest BCUT2D eigenvalue weighted by atomic mass is 35.5. The van der Waals surface area contributed by atoms with Crippen LogP contribution in [0.4, 0.5) is 4.79 Å². The SMILES string of the molecule is C[C@]1(c2ccc(Cl)cc2)NC(=O)N(Cc2nc3ccccc3s2)C1=O. The first-order chi connectivity index (χ1) is 12.0. The molecule has 0 spiro atoms. The molecule has 7 heteroatoms. The average Bonchev–Trinajstić information content (AvgIpc) is 3.10. The Morgan fingerprint density at radius 1 is 1.16 bits per heavy atom. The molecule has 1 aliphatic heterocycles. The van der Waals surface area contributed by atoms with Crippen molar-refractivity contribution in [2.24, 2.45) is 0 Å². The number of halogens is 1. The van der Waals surface area contributed by atoms with E-state index in [0.29, 0.717) is 10.6 Å². The first-order valence-electron chi connectivity index (χ1n) is 7.72. The molecule has 25 heavy (non-hydrogen) atoms. The van der Waals surface area contributed by atoms with Crippen LogP contribution in [0.2, 0.25) is 5.02 Å². The zero-order valence-corrected chi connectivity index (χ0v) is 14.9. The van der Waals surface area contributed by atoms with Gasteiger partial charge in [0.25, 0.3) is 5.91 Å². The Balaban J connectivity index is 1.63. The third-order valence-corrected chi connectivity index (χ3v) is 5.60. The van der Waals surface area contributed by atoms with Gasteiger partial charge in [0, 0.05) is 5.02 Å². The van der Waals surface area contributed by atoms with E-state index in [-0.39, 0.29) is 12.5 Å². The molecule has 2 aromatic carbocycles. The largest absolute Gasteiger partial charge is 0.325 e. The number of amides is 3. The van der Waals surface area contributed by atoms with Crippen molar-refractivity contribution in [1.29, 1.82) is 0 Å². The zero-order valence-electron chi connectivity index (χ0n) is 13.3. The van der Waals surface area contributed by atoms with Gasteiger partial charge in [0.1, 0.15) is 10.5 Å². The van der Waals surface area contributed by atoms with Gasteiger partial charge in [-0.15, -0.1) is 11.3 Å². The number of fused-ring (bicyclic) bond motifs is 1. The molecule has 1 aromatic heterocycles. The first-order valence-corrected chi connectivity index (χ1v) is 8.91. The molecule has 3 amide bonds. The summed E-state index contributed by atoms with van der Waals surface area (Å²) in [5.41, 5.74) is 0.468. The number of nitrogens with one attached hydrogen (secondary N) is 1. The van der Waals surface area contributed by atoms with Gasteiger partial charge >= 0.3 is 6.03 Å². The van der Waals surface area contributed by atoms with Crippen molar-refractivity contribution in [3.05, 3.63) is 64.1 Å². The number of carbonyl (C=O) groups is 2. The fraction of sp³-hybridized carbons (Fsp3) is 0.167. The number of para-hydroxylation sites is 1. The number of urea groups is 1.